The van der Waals surface area contributed by atoms with Crippen molar-refractivity contribution >= 4 is 5.69 Å². The number of anilines is 1. The lowest BCUT2D eigenvalue weighted by atomic mass is 10.0. The third-order valence-electron chi connectivity index (χ3n) is 4.27. The lowest BCUT2D eigenvalue weighted by molar-refractivity contribution is 0.118. The van der Waals surface area contributed by atoms with Crippen molar-refractivity contribution in [3.63, 3.8) is 0 Å². The van der Waals surface area contributed by atoms with Gasteiger partial charge < -0.3 is 15.0 Å². The molecule has 0 aliphatic carbocycles. The summed E-state index contributed by atoms with van der Waals surface area (Å²) in [4.78, 5) is 2.37. The van der Waals surface area contributed by atoms with E-state index < -0.39 is 0 Å². The maximum Gasteiger partial charge on any atom is 0.0750 e. The van der Waals surface area contributed by atoms with Crippen LogP contribution in [0.2, 0.25) is 0 Å². The van der Waals surface area contributed by atoms with Crippen LogP contribution in [-0.2, 0) is 11.3 Å². The van der Waals surface area contributed by atoms with Gasteiger partial charge in [0.15, 0.2) is 0 Å². The first-order chi connectivity index (χ1) is 9.49. The van der Waals surface area contributed by atoms with Crippen molar-refractivity contribution in [1.82, 2.24) is 5.32 Å². The summed E-state index contributed by atoms with van der Waals surface area (Å²) in [6, 6.07) is 7.79. The van der Waals surface area contributed by atoms with E-state index in [0.29, 0.717) is 18.2 Å². The predicted octanol–water partition coefficient (Wildman–Crippen LogP) is 3.11. The van der Waals surface area contributed by atoms with Crippen LogP contribution in [0.1, 0.15) is 38.3 Å². The van der Waals surface area contributed by atoms with Crippen molar-refractivity contribution in [2.45, 2.75) is 58.8 Å². The molecule has 112 valence electrons. The minimum Gasteiger partial charge on any atom is -0.376 e. The van der Waals surface area contributed by atoms with E-state index in [1.165, 1.54) is 16.8 Å². The molecule has 1 heterocycles. The van der Waals surface area contributed by atoms with Crippen LogP contribution < -0.4 is 10.2 Å². The Balaban J connectivity index is 2.08. The standard InChI is InChI=1S/C17H28N2O/c1-12(2)18-11-15-6-7-16(10-13(15)3)19(5)17-8-9-20-14(17)4/h6-7,10,12,14,17-18H,8-9,11H2,1-5H3. The summed E-state index contributed by atoms with van der Waals surface area (Å²) in [6.07, 6.45) is 1.44. The van der Waals surface area contributed by atoms with Crippen molar-refractivity contribution < 1.29 is 4.74 Å². The van der Waals surface area contributed by atoms with Crippen molar-refractivity contribution in [2.24, 2.45) is 0 Å². The Kier molecular flexibility index (Phi) is 5.06. The topological polar surface area (TPSA) is 24.5 Å². The second-order valence-electron chi connectivity index (χ2n) is 6.19. The highest BCUT2D eigenvalue weighted by atomic mass is 16.5. The number of hydrogen-bond donors (Lipinski definition) is 1. The van der Waals surface area contributed by atoms with E-state index in [1.54, 1.807) is 0 Å². The number of benzene rings is 1. The van der Waals surface area contributed by atoms with Crippen molar-refractivity contribution in [2.75, 3.05) is 18.6 Å². The number of ether oxygens (including phenoxy) is 1. The predicted molar refractivity (Wildman–Crippen MR) is 85.4 cm³/mol. The summed E-state index contributed by atoms with van der Waals surface area (Å²) in [5, 5.41) is 3.48. The molecule has 1 aliphatic heterocycles. The van der Waals surface area contributed by atoms with E-state index in [-0.39, 0.29) is 0 Å². The van der Waals surface area contributed by atoms with Crippen LogP contribution in [-0.4, -0.2) is 31.8 Å². The van der Waals surface area contributed by atoms with E-state index >= 15 is 0 Å². The molecule has 0 radical (unpaired) electrons. The lowest BCUT2D eigenvalue weighted by Crippen LogP contribution is -2.36. The van der Waals surface area contributed by atoms with Crippen LogP contribution in [0.25, 0.3) is 0 Å². The van der Waals surface area contributed by atoms with Gasteiger partial charge in [-0.2, -0.15) is 0 Å². The number of likely N-dealkylation sites (N-methyl/N-ethyl adjacent to an activating group) is 1. The average Bonchev–Trinajstić information content (AvgIpc) is 2.82. The summed E-state index contributed by atoms with van der Waals surface area (Å²) >= 11 is 0. The maximum absolute atomic E-state index is 5.68. The van der Waals surface area contributed by atoms with Gasteiger partial charge in [-0.25, -0.2) is 0 Å². The Labute approximate surface area is 123 Å². The van der Waals surface area contributed by atoms with E-state index in [9.17, 15) is 0 Å². The molecular formula is C17H28N2O. The molecule has 0 saturated carbocycles. The molecule has 2 atom stereocenters. The minimum absolute atomic E-state index is 0.322. The fourth-order valence-corrected chi connectivity index (χ4v) is 2.83. The van der Waals surface area contributed by atoms with E-state index in [2.05, 4.69) is 63.2 Å². The molecule has 0 amide bonds. The second-order valence-corrected chi connectivity index (χ2v) is 6.19. The van der Waals surface area contributed by atoms with Crippen LogP contribution in [0.3, 0.4) is 0 Å². The molecule has 0 spiro atoms. The monoisotopic (exact) mass is 276 g/mol. The molecule has 2 unspecified atom stereocenters. The molecule has 1 fully saturated rings. The highest BCUT2D eigenvalue weighted by Gasteiger charge is 2.28. The molecule has 1 aliphatic rings. The third-order valence-corrected chi connectivity index (χ3v) is 4.27. The average molecular weight is 276 g/mol. The van der Waals surface area contributed by atoms with Gasteiger partial charge in [0.05, 0.1) is 12.1 Å². The number of nitrogens with zero attached hydrogens (tertiary/aromatic N) is 1. The van der Waals surface area contributed by atoms with E-state index in [1.807, 2.05) is 0 Å². The molecule has 3 nitrogen and oxygen atoms in total. The fourth-order valence-electron chi connectivity index (χ4n) is 2.83. The van der Waals surface area contributed by atoms with Gasteiger partial charge in [-0.1, -0.05) is 19.9 Å². The van der Waals surface area contributed by atoms with Crippen LogP contribution in [0.15, 0.2) is 18.2 Å². The van der Waals surface area contributed by atoms with Gasteiger partial charge >= 0.3 is 0 Å². The first-order valence-corrected chi connectivity index (χ1v) is 7.66. The molecule has 2 rings (SSSR count). The number of rotatable bonds is 5. The van der Waals surface area contributed by atoms with Crippen molar-refractivity contribution in [1.29, 1.82) is 0 Å². The summed E-state index contributed by atoms with van der Waals surface area (Å²) in [5.74, 6) is 0. The van der Waals surface area contributed by atoms with Crippen molar-refractivity contribution in [3.8, 4) is 0 Å². The SMILES string of the molecule is Cc1cc(N(C)C2CCOC2C)ccc1CNC(C)C. The molecule has 1 N–H and O–H groups in total. The van der Waals surface area contributed by atoms with Gasteiger partial charge in [0.2, 0.25) is 0 Å². The summed E-state index contributed by atoms with van der Waals surface area (Å²) in [5.41, 5.74) is 4.03. The number of hydrogen-bond acceptors (Lipinski definition) is 3. The normalized spacial score (nSPS) is 22.5. The maximum atomic E-state index is 5.68. The van der Waals surface area contributed by atoms with Gasteiger partial charge in [0, 0.05) is 31.9 Å². The first-order valence-electron chi connectivity index (χ1n) is 7.66. The summed E-state index contributed by atoms with van der Waals surface area (Å²) in [7, 11) is 2.18. The number of aryl methyl sites for hydroxylation is 1. The number of nitrogens with one attached hydrogen (secondary N) is 1. The molecule has 0 bridgehead atoms. The van der Waals surface area contributed by atoms with Crippen molar-refractivity contribution in [3.05, 3.63) is 29.3 Å². The highest BCUT2D eigenvalue weighted by molar-refractivity contribution is 5.51. The quantitative estimate of drug-likeness (QED) is 0.894. The molecule has 1 saturated heterocycles. The molecule has 0 aromatic heterocycles. The zero-order chi connectivity index (χ0) is 14.7. The lowest BCUT2D eigenvalue weighted by Gasteiger charge is -2.29. The second kappa shape index (κ2) is 6.59. The van der Waals surface area contributed by atoms with Crippen LogP contribution in [0.5, 0.6) is 0 Å². The summed E-state index contributed by atoms with van der Waals surface area (Å²) in [6.45, 7) is 10.5. The van der Waals surface area contributed by atoms with E-state index in [4.69, 9.17) is 4.74 Å². The Bertz CT molecular complexity index is 445. The van der Waals surface area contributed by atoms with E-state index in [0.717, 1.165) is 19.6 Å². The zero-order valence-corrected chi connectivity index (χ0v) is 13.4. The molecule has 20 heavy (non-hydrogen) atoms. The van der Waals surface area contributed by atoms with Gasteiger partial charge in [0.25, 0.3) is 0 Å². The van der Waals surface area contributed by atoms with Gasteiger partial charge in [-0.15, -0.1) is 0 Å². The minimum atomic E-state index is 0.322. The van der Waals surface area contributed by atoms with Crippen LogP contribution >= 0.6 is 0 Å². The zero-order valence-electron chi connectivity index (χ0n) is 13.4. The molecular weight excluding hydrogens is 248 g/mol. The first kappa shape index (κ1) is 15.3. The summed E-state index contributed by atoms with van der Waals surface area (Å²) < 4.78 is 5.68. The highest BCUT2D eigenvalue weighted by Crippen LogP contribution is 2.26. The Morgan fingerprint density at radius 1 is 1.40 bits per heavy atom. The smallest absolute Gasteiger partial charge is 0.0750 e. The Morgan fingerprint density at radius 3 is 2.70 bits per heavy atom. The largest absolute Gasteiger partial charge is 0.376 e. The van der Waals surface area contributed by atoms with Gasteiger partial charge in [-0.3, -0.25) is 0 Å². The Morgan fingerprint density at radius 2 is 2.15 bits per heavy atom. The Hall–Kier alpha value is -1.06. The molecule has 1 aromatic carbocycles. The fraction of sp³-hybridized carbons (Fsp3) is 0.647. The van der Waals surface area contributed by atoms with Crippen LogP contribution in [0, 0.1) is 6.92 Å². The van der Waals surface area contributed by atoms with Gasteiger partial charge in [0.1, 0.15) is 0 Å². The molecule has 3 heteroatoms. The molecule has 1 aromatic rings. The van der Waals surface area contributed by atoms with Gasteiger partial charge in [-0.05, 0) is 43.5 Å². The van der Waals surface area contributed by atoms with Crippen LogP contribution in [0.4, 0.5) is 5.69 Å². The third kappa shape index (κ3) is 3.53.